The highest BCUT2D eigenvalue weighted by Crippen LogP contribution is 2.49. The number of hydrogen-bond donors (Lipinski definition) is 4. The molecule has 0 heterocycles. The molecule has 4 atom stereocenters. The van der Waals surface area contributed by atoms with Crippen molar-refractivity contribution in [3.05, 3.63) is 0 Å². The van der Waals surface area contributed by atoms with Crippen LogP contribution in [0, 0.1) is 10.8 Å². The lowest BCUT2D eigenvalue weighted by Crippen LogP contribution is -2.63. The molecule has 0 aromatic rings. The molecule has 0 amide bonds. The van der Waals surface area contributed by atoms with Gasteiger partial charge in [-0.05, 0) is 11.8 Å². The molecule has 0 fully saturated rings. The molecule has 0 bridgehead atoms. The molecule has 0 saturated heterocycles. The standard InChI is InChI=1S/C13H20O8/c1-12(2,3-8(18)4-14)13(9(19)5-15,10(20)6-16)11(21)7-17/h4-11,18-21H,3H2,1-2H3. The maximum absolute atomic E-state index is 11.0. The van der Waals surface area contributed by atoms with Gasteiger partial charge in [0.15, 0.2) is 0 Å². The van der Waals surface area contributed by atoms with Crippen LogP contribution < -0.4 is 0 Å². The molecule has 0 aliphatic rings. The van der Waals surface area contributed by atoms with Crippen LogP contribution in [-0.2, 0) is 19.2 Å². The van der Waals surface area contributed by atoms with Crippen molar-refractivity contribution in [1.82, 2.24) is 0 Å². The molecule has 0 aromatic heterocycles. The van der Waals surface area contributed by atoms with Crippen LogP contribution in [0.25, 0.3) is 0 Å². The molecule has 4 unspecified atom stereocenters. The van der Waals surface area contributed by atoms with Gasteiger partial charge in [0.05, 0.1) is 5.41 Å². The van der Waals surface area contributed by atoms with E-state index in [4.69, 9.17) is 0 Å². The van der Waals surface area contributed by atoms with E-state index in [2.05, 4.69) is 0 Å². The van der Waals surface area contributed by atoms with Gasteiger partial charge in [0, 0.05) is 0 Å². The molecule has 0 aliphatic carbocycles. The van der Waals surface area contributed by atoms with Crippen LogP contribution in [0.15, 0.2) is 0 Å². The molecule has 0 aromatic carbocycles. The van der Waals surface area contributed by atoms with Crippen LogP contribution in [-0.4, -0.2) is 70.0 Å². The molecule has 8 nitrogen and oxygen atoms in total. The summed E-state index contributed by atoms with van der Waals surface area (Å²) in [5.41, 5.74) is -3.82. The normalized spacial score (nSPS) is 20.5. The lowest BCUT2D eigenvalue weighted by Gasteiger charge is -2.51. The van der Waals surface area contributed by atoms with Gasteiger partial charge in [-0.25, -0.2) is 0 Å². The van der Waals surface area contributed by atoms with Crippen LogP contribution in [0.4, 0.5) is 0 Å². The molecule has 0 rings (SSSR count). The smallest absolute Gasteiger partial charge is 0.149 e. The number of aldehydes is 4. The zero-order valence-electron chi connectivity index (χ0n) is 11.7. The molecule has 21 heavy (non-hydrogen) atoms. The number of aliphatic hydroxyl groups is 4. The van der Waals surface area contributed by atoms with Gasteiger partial charge in [-0.15, -0.1) is 0 Å². The molecule has 0 spiro atoms. The van der Waals surface area contributed by atoms with E-state index in [1.54, 1.807) is 0 Å². The van der Waals surface area contributed by atoms with E-state index in [1.165, 1.54) is 13.8 Å². The predicted octanol–water partition coefficient (Wildman–Crippen LogP) is -2.37. The molecular formula is C13H20O8. The summed E-state index contributed by atoms with van der Waals surface area (Å²) >= 11 is 0. The Kier molecular flexibility index (Phi) is 6.98. The van der Waals surface area contributed by atoms with Crippen molar-refractivity contribution in [3.8, 4) is 0 Å². The lowest BCUT2D eigenvalue weighted by atomic mass is 9.55. The van der Waals surface area contributed by atoms with Crippen molar-refractivity contribution >= 4 is 25.1 Å². The quantitative estimate of drug-likeness (QED) is 0.327. The average Bonchev–Trinajstić information content (AvgIpc) is 2.45. The number of hydrogen-bond acceptors (Lipinski definition) is 8. The highest BCUT2D eigenvalue weighted by atomic mass is 16.3. The van der Waals surface area contributed by atoms with Gasteiger partial charge in [-0.3, -0.25) is 0 Å². The fraction of sp³-hybridized carbons (Fsp3) is 0.692. The fourth-order valence-electron chi connectivity index (χ4n) is 2.81. The monoisotopic (exact) mass is 304 g/mol. The van der Waals surface area contributed by atoms with Crippen LogP contribution in [0.5, 0.6) is 0 Å². The third-order valence-corrected chi connectivity index (χ3v) is 3.90. The Labute approximate surface area is 121 Å². The molecule has 0 saturated carbocycles. The topological polar surface area (TPSA) is 149 Å². The summed E-state index contributed by atoms with van der Waals surface area (Å²) in [6.45, 7) is 2.60. The molecule has 0 radical (unpaired) electrons. The van der Waals surface area contributed by atoms with E-state index >= 15 is 0 Å². The van der Waals surface area contributed by atoms with Gasteiger partial charge in [0.25, 0.3) is 0 Å². The van der Waals surface area contributed by atoms with Crippen LogP contribution in [0.2, 0.25) is 0 Å². The highest BCUT2D eigenvalue weighted by Gasteiger charge is 2.60. The first-order chi connectivity index (χ1) is 9.65. The SMILES string of the molecule is CC(C)(CC(O)C=O)C(C(O)C=O)(C(O)C=O)C(O)C=O. The van der Waals surface area contributed by atoms with Gasteiger partial charge in [-0.2, -0.15) is 0 Å². The number of rotatable bonds is 10. The minimum atomic E-state index is -2.30. The van der Waals surface area contributed by atoms with E-state index in [9.17, 15) is 39.6 Å². The Morgan fingerprint density at radius 2 is 1.10 bits per heavy atom. The van der Waals surface area contributed by atoms with Gasteiger partial charge >= 0.3 is 0 Å². The second kappa shape index (κ2) is 7.51. The van der Waals surface area contributed by atoms with Gasteiger partial charge in [0.1, 0.15) is 49.6 Å². The minimum absolute atomic E-state index is 0.0333. The summed E-state index contributed by atoms with van der Waals surface area (Å²) in [5, 5.41) is 39.2. The first-order valence-corrected chi connectivity index (χ1v) is 6.19. The summed E-state index contributed by atoms with van der Waals surface area (Å²) in [4.78, 5) is 43.5. The summed E-state index contributed by atoms with van der Waals surface area (Å²) < 4.78 is 0. The largest absolute Gasteiger partial charge is 0.386 e. The third-order valence-electron chi connectivity index (χ3n) is 3.90. The fourth-order valence-corrected chi connectivity index (χ4v) is 2.81. The average molecular weight is 304 g/mol. The van der Waals surface area contributed by atoms with E-state index in [-0.39, 0.29) is 25.1 Å². The van der Waals surface area contributed by atoms with Crippen molar-refractivity contribution in [2.24, 2.45) is 10.8 Å². The predicted molar refractivity (Wildman–Crippen MR) is 69.1 cm³/mol. The summed E-state index contributed by atoms with van der Waals surface area (Å²) in [6, 6.07) is 0. The van der Waals surface area contributed by atoms with Crippen LogP contribution >= 0.6 is 0 Å². The van der Waals surface area contributed by atoms with E-state index in [1.807, 2.05) is 0 Å². The van der Waals surface area contributed by atoms with Crippen LogP contribution in [0.1, 0.15) is 20.3 Å². The number of carbonyl (C=O) groups is 4. The number of aliphatic hydroxyl groups excluding tert-OH is 4. The molecule has 4 N–H and O–H groups in total. The lowest BCUT2D eigenvalue weighted by molar-refractivity contribution is -0.195. The van der Waals surface area contributed by atoms with E-state index < -0.39 is 41.7 Å². The zero-order chi connectivity index (χ0) is 16.8. The Balaban J connectivity index is 6.19. The Bertz CT molecular complexity index is 356. The summed E-state index contributed by atoms with van der Waals surface area (Å²) in [7, 11) is 0. The second-order valence-corrected chi connectivity index (χ2v) is 5.47. The second-order valence-electron chi connectivity index (χ2n) is 5.47. The van der Waals surface area contributed by atoms with Crippen LogP contribution in [0.3, 0.4) is 0 Å². The Hall–Kier alpha value is -1.48. The van der Waals surface area contributed by atoms with Gasteiger partial charge < -0.3 is 39.6 Å². The van der Waals surface area contributed by atoms with Gasteiger partial charge in [0.2, 0.25) is 0 Å². The maximum Gasteiger partial charge on any atom is 0.149 e. The zero-order valence-corrected chi connectivity index (χ0v) is 11.7. The van der Waals surface area contributed by atoms with Crippen molar-refractivity contribution in [2.75, 3.05) is 0 Å². The van der Waals surface area contributed by atoms with Crippen molar-refractivity contribution < 1.29 is 39.6 Å². The van der Waals surface area contributed by atoms with Crippen molar-refractivity contribution in [1.29, 1.82) is 0 Å². The van der Waals surface area contributed by atoms with E-state index in [0.29, 0.717) is 0 Å². The Morgan fingerprint density at radius 3 is 1.33 bits per heavy atom. The first kappa shape index (κ1) is 19.5. The molecule has 120 valence electrons. The molecule has 0 aliphatic heterocycles. The van der Waals surface area contributed by atoms with Crippen molar-refractivity contribution in [3.63, 3.8) is 0 Å². The number of carbonyl (C=O) groups excluding carboxylic acids is 4. The third kappa shape index (κ3) is 3.41. The summed E-state index contributed by atoms with van der Waals surface area (Å²) in [6.07, 6.45) is -8.09. The van der Waals surface area contributed by atoms with Crippen molar-refractivity contribution in [2.45, 2.75) is 44.7 Å². The van der Waals surface area contributed by atoms with E-state index in [0.717, 1.165) is 0 Å². The molecular weight excluding hydrogens is 284 g/mol. The highest BCUT2D eigenvalue weighted by molar-refractivity contribution is 5.70. The summed E-state index contributed by atoms with van der Waals surface area (Å²) in [5.74, 6) is 0. The van der Waals surface area contributed by atoms with Gasteiger partial charge in [-0.1, -0.05) is 13.8 Å². The Morgan fingerprint density at radius 1 is 0.762 bits per heavy atom. The first-order valence-electron chi connectivity index (χ1n) is 6.19. The minimum Gasteiger partial charge on any atom is -0.386 e. The maximum atomic E-state index is 11.0. The molecule has 8 heteroatoms.